The van der Waals surface area contributed by atoms with Gasteiger partial charge in [0, 0.05) is 39.1 Å². The lowest BCUT2D eigenvalue weighted by atomic mass is 10.0. The monoisotopic (exact) mass is 309 g/mol. The van der Waals surface area contributed by atoms with E-state index < -0.39 is 0 Å². The molecule has 0 atom stereocenters. The van der Waals surface area contributed by atoms with Gasteiger partial charge in [-0.3, -0.25) is 14.5 Å². The summed E-state index contributed by atoms with van der Waals surface area (Å²) < 4.78 is 0. The first-order chi connectivity index (χ1) is 10.7. The summed E-state index contributed by atoms with van der Waals surface area (Å²) in [5.41, 5.74) is 0. The molecule has 1 N–H and O–H groups in total. The molecule has 0 spiro atoms. The molecular weight excluding hydrogens is 278 g/mol. The van der Waals surface area contributed by atoms with Gasteiger partial charge in [-0.05, 0) is 18.8 Å². The third-order valence-corrected chi connectivity index (χ3v) is 4.91. The van der Waals surface area contributed by atoms with Crippen molar-refractivity contribution >= 4 is 11.8 Å². The fourth-order valence-corrected chi connectivity index (χ4v) is 3.46. The Hall–Kier alpha value is -1.10. The van der Waals surface area contributed by atoms with E-state index in [4.69, 9.17) is 0 Å². The molecule has 0 unspecified atom stereocenters. The maximum absolute atomic E-state index is 12.3. The highest BCUT2D eigenvalue weighted by molar-refractivity contribution is 5.78. The molecule has 0 aromatic carbocycles. The van der Waals surface area contributed by atoms with Crippen LogP contribution in [0.2, 0.25) is 0 Å². The van der Waals surface area contributed by atoms with Gasteiger partial charge in [-0.25, -0.2) is 0 Å². The second-order valence-corrected chi connectivity index (χ2v) is 6.70. The van der Waals surface area contributed by atoms with E-state index in [1.807, 2.05) is 4.90 Å². The van der Waals surface area contributed by atoms with E-state index in [2.05, 4.69) is 17.1 Å². The maximum Gasteiger partial charge on any atom is 0.234 e. The van der Waals surface area contributed by atoms with Crippen LogP contribution in [0.4, 0.5) is 0 Å². The molecule has 1 aliphatic heterocycles. The summed E-state index contributed by atoms with van der Waals surface area (Å²) in [4.78, 5) is 28.1. The Morgan fingerprint density at radius 2 is 1.77 bits per heavy atom. The van der Waals surface area contributed by atoms with Crippen molar-refractivity contribution in [2.45, 2.75) is 51.9 Å². The van der Waals surface area contributed by atoms with Crippen LogP contribution in [0.3, 0.4) is 0 Å². The lowest BCUT2D eigenvalue weighted by Crippen LogP contribution is -2.51. The maximum atomic E-state index is 12.3. The fourth-order valence-electron chi connectivity index (χ4n) is 3.46. The molecule has 5 nitrogen and oxygen atoms in total. The van der Waals surface area contributed by atoms with Crippen molar-refractivity contribution < 1.29 is 9.59 Å². The molecule has 1 saturated heterocycles. The standard InChI is InChI=1S/C17H31N3O2/c1-2-9-18-16(21)14-19-10-12-20(13-11-19)17(22)8-7-15-5-3-4-6-15/h15H,2-14H2,1H3,(H,18,21). The third kappa shape index (κ3) is 5.59. The minimum atomic E-state index is 0.0999. The number of rotatable bonds is 7. The Balaban J connectivity index is 1.61. The lowest BCUT2D eigenvalue weighted by molar-refractivity contribution is -0.133. The number of nitrogens with zero attached hydrogens (tertiary/aromatic N) is 2. The SMILES string of the molecule is CCCNC(=O)CN1CCN(C(=O)CCC2CCCC2)CC1. The van der Waals surface area contributed by atoms with Crippen LogP contribution in [-0.4, -0.2) is 60.9 Å². The summed E-state index contributed by atoms with van der Waals surface area (Å²) in [6.45, 7) is 6.43. The summed E-state index contributed by atoms with van der Waals surface area (Å²) in [7, 11) is 0. The molecule has 1 saturated carbocycles. The van der Waals surface area contributed by atoms with Gasteiger partial charge >= 0.3 is 0 Å². The van der Waals surface area contributed by atoms with Crippen molar-refractivity contribution in [3.8, 4) is 0 Å². The van der Waals surface area contributed by atoms with Crippen LogP contribution >= 0.6 is 0 Å². The van der Waals surface area contributed by atoms with Crippen molar-refractivity contribution in [3.63, 3.8) is 0 Å². The van der Waals surface area contributed by atoms with E-state index in [-0.39, 0.29) is 5.91 Å². The van der Waals surface area contributed by atoms with Gasteiger partial charge in [0.15, 0.2) is 0 Å². The first kappa shape index (κ1) is 17.3. The molecule has 1 aliphatic carbocycles. The zero-order chi connectivity index (χ0) is 15.8. The second-order valence-electron chi connectivity index (χ2n) is 6.70. The van der Waals surface area contributed by atoms with E-state index in [0.717, 1.165) is 51.5 Å². The van der Waals surface area contributed by atoms with Crippen molar-refractivity contribution in [2.75, 3.05) is 39.3 Å². The van der Waals surface area contributed by atoms with Gasteiger partial charge in [0.2, 0.25) is 11.8 Å². The molecule has 1 heterocycles. The number of hydrogen-bond donors (Lipinski definition) is 1. The first-order valence-corrected chi connectivity index (χ1v) is 8.96. The third-order valence-electron chi connectivity index (χ3n) is 4.91. The number of carbonyl (C=O) groups is 2. The van der Waals surface area contributed by atoms with E-state index in [9.17, 15) is 9.59 Å². The molecule has 2 aliphatic rings. The molecule has 0 bridgehead atoms. The minimum absolute atomic E-state index is 0.0999. The molecule has 2 amide bonds. The van der Waals surface area contributed by atoms with Gasteiger partial charge in [-0.2, -0.15) is 0 Å². The predicted octanol–water partition coefficient (Wildman–Crippen LogP) is 1.63. The zero-order valence-electron chi connectivity index (χ0n) is 14.0. The molecule has 22 heavy (non-hydrogen) atoms. The summed E-state index contributed by atoms with van der Waals surface area (Å²) in [6, 6.07) is 0. The number of carbonyl (C=O) groups excluding carboxylic acids is 2. The van der Waals surface area contributed by atoms with Gasteiger partial charge in [0.05, 0.1) is 6.54 Å². The molecule has 2 rings (SSSR count). The Kier molecular flexibility index (Phi) is 7.16. The Bertz CT molecular complexity index is 359. The molecule has 126 valence electrons. The fraction of sp³-hybridized carbons (Fsp3) is 0.882. The van der Waals surface area contributed by atoms with Crippen LogP contribution in [0.25, 0.3) is 0 Å². The first-order valence-electron chi connectivity index (χ1n) is 8.96. The van der Waals surface area contributed by atoms with Crippen LogP contribution in [0, 0.1) is 5.92 Å². The molecule has 0 aromatic heterocycles. The Morgan fingerprint density at radius 3 is 2.41 bits per heavy atom. The molecule has 0 aromatic rings. The van der Waals surface area contributed by atoms with E-state index >= 15 is 0 Å². The molecule has 2 fully saturated rings. The largest absolute Gasteiger partial charge is 0.355 e. The van der Waals surface area contributed by atoms with Crippen molar-refractivity contribution in [3.05, 3.63) is 0 Å². The highest BCUT2D eigenvalue weighted by atomic mass is 16.2. The van der Waals surface area contributed by atoms with Crippen LogP contribution in [0.1, 0.15) is 51.9 Å². The van der Waals surface area contributed by atoms with Gasteiger partial charge in [0.25, 0.3) is 0 Å². The average molecular weight is 309 g/mol. The molecular formula is C17H31N3O2. The van der Waals surface area contributed by atoms with Crippen LogP contribution in [0.15, 0.2) is 0 Å². The zero-order valence-corrected chi connectivity index (χ0v) is 14.0. The number of piperazine rings is 1. The Morgan fingerprint density at radius 1 is 1.09 bits per heavy atom. The van der Waals surface area contributed by atoms with Gasteiger partial charge in [-0.15, -0.1) is 0 Å². The number of hydrogen-bond acceptors (Lipinski definition) is 3. The topological polar surface area (TPSA) is 52.7 Å². The van der Waals surface area contributed by atoms with Crippen LogP contribution in [-0.2, 0) is 9.59 Å². The highest BCUT2D eigenvalue weighted by Crippen LogP contribution is 2.28. The van der Waals surface area contributed by atoms with E-state index in [0.29, 0.717) is 18.9 Å². The second kappa shape index (κ2) is 9.13. The molecule has 5 heteroatoms. The summed E-state index contributed by atoms with van der Waals surface area (Å²) >= 11 is 0. The average Bonchev–Trinajstić information content (AvgIpc) is 3.05. The molecule has 0 radical (unpaired) electrons. The number of nitrogens with one attached hydrogen (secondary N) is 1. The Labute approximate surface area is 134 Å². The number of amides is 2. The van der Waals surface area contributed by atoms with E-state index in [1.165, 1.54) is 25.7 Å². The van der Waals surface area contributed by atoms with Crippen molar-refractivity contribution in [2.24, 2.45) is 5.92 Å². The summed E-state index contributed by atoms with van der Waals surface area (Å²) in [5.74, 6) is 1.19. The van der Waals surface area contributed by atoms with Gasteiger partial charge in [-0.1, -0.05) is 32.6 Å². The quantitative estimate of drug-likeness (QED) is 0.777. The van der Waals surface area contributed by atoms with E-state index in [1.54, 1.807) is 0 Å². The highest BCUT2D eigenvalue weighted by Gasteiger charge is 2.23. The van der Waals surface area contributed by atoms with Crippen LogP contribution < -0.4 is 5.32 Å². The van der Waals surface area contributed by atoms with Gasteiger partial charge in [0.1, 0.15) is 0 Å². The minimum Gasteiger partial charge on any atom is -0.355 e. The van der Waals surface area contributed by atoms with Crippen molar-refractivity contribution in [1.82, 2.24) is 15.1 Å². The predicted molar refractivity (Wildman–Crippen MR) is 87.5 cm³/mol. The lowest BCUT2D eigenvalue weighted by Gasteiger charge is -2.34. The normalized spacial score (nSPS) is 20.3. The van der Waals surface area contributed by atoms with Crippen molar-refractivity contribution in [1.29, 1.82) is 0 Å². The summed E-state index contributed by atoms with van der Waals surface area (Å²) in [5, 5.41) is 2.90. The van der Waals surface area contributed by atoms with Crippen LogP contribution in [0.5, 0.6) is 0 Å². The summed E-state index contributed by atoms with van der Waals surface area (Å²) in [6.07, 6.45) is 8.06. The smallest absolute Gasteiger partial charge is 0.234 e. The van der Waals surface area contributed by atoms with Gasteiger partial charge < -0.3 is 10.2 Å².